The highest BCUT2D eigenvalue weighted by Gasteiger charge is 2.40. The van der Waals surface area contributed by atoms with Crippen LogP contribution in [-0.4, -0.2) is 49.5 Å². The summed E-state index contributed by atoms with van der Waals surface area (Å²) in [4.78, 5) is 1.33. The molecule has 0 aromatic heterocycles. The summed E-state index contributed by atoms with van der Waals surface area (Å²) in [6.45, 7) is 4.45. The first-order valence-electron chi connectivity index (χ1n) is 5.19. The number of hydrogen-bond acceptors (Lipinski definition) is 3. The molecule has 0 aromatic carbocycles. The van der Waals surface area contributed by atoms with Gasteiger partial charge < -0.3 is 10.5 Å². The van der Waals surface area contributed by atoms with Gasteiger partial charge >= 0.3 is 6.18 Å². The van der Waals surface area contributed by atoms with Crippen LogP contribution in [0.15, 0.2) is 0 Å². The fourth-order valence-electron chi connectivity index (χ4n) is 1.76. The average Bonchev–Trinajstić information content (AvgIpc) is 2.12. The maximum absolute atomic E-state index is 12.4. The third kappa shape index (κ3) is 4.67. The van der Waals surface area contributed by atoms with E-state index in [1.807, 2.05) is 0 Å². The Hall–Kier alpha value is -0.330. The first-order chi connectivity index (χ1) is 7.16. The molecule has 0 saturated carbocycles. The van der Waals surface area contributed by atoms with Crippen LogP contribution >= 0.6 is 0 Å². The molecule has 0 aliphatic heterocycles. The number of halogens is 3. The SMILES string of the molecule is COCC(C)(CN)N(CC(F)(F)F)C(C)C. The van der Waals surface area contributed by atoms with E-state index in [1.54, 1.807) is 20.8 Å². The normalized spacial score (nSPS) is 16.9. The second-order valence-electron chi connectivity index (χ2n) is 4.47. The summed E-state index contributed by atoms with van der Waals surface area (Å²) in [5.41, 5.74) is 4.77. The van der Waals surface area contributed by atoms with E-state index in [-0.39, 0.29) is 19.2 Å². The van der Waals surface area contributed by atoms with Crippen LogP contribution in [0.5, 0.6) is 0 Å². The van der Waals surface area contributed by atoms with Crippen molar-refractivity contribution in [3.8, 4) is 0 Å². The zero-order valence-corrected chi connectivity index (χ0v) is 10.3. The molecule has 3 nitrogen and oxygen atoms in total. The van der Waals surface area contributed by atoms with Gasteiger partial charge in [0.25, 0.3) is 0 Å². The predicted molar refractivity (Wildman–Crippen MR) is 57.2 cm³/mol. The maximum Gasteiger partial charge on any atom is 0.401 e. The molecule has 2 N–H and O–H groups in total. The van der Waals surface area contributed by atoms with Crippen molar-refractivity contribution in [2.75, 3.05) is 26.8 Å². The molecular weight excluding hydrogens is 221 g/mol. The van der Waals surface area contributed by atoms with Crippen molar-refractivity contribution in [3.63, 3.8) is 0 Å². The zero-order chi connectivity index (χ0) is 13.0. The van der Waals surface area contributed by atoms with Crippen LogP contribution in [0.3, 0.4) is 0 Å². The standard InChI is InChI=1S/C10H21F3N2O/c1-8(2)15(6-10(11,12)13)9(3,5-14)7-16-4/h8H,5-7,14H2,1-4H3. The van der Waals surface area contributed by atoms with Crippen molar-refractivity contribution < 1.29 is 17.9 Å². The van der Waals surface area contributed by atoms with Gasteiger partial charge in [-0.3, -0.25) is 4.90 Å². The van der Waals surface area contributed by atoms with Crippen LogP contribution in [0, 0.1) is 0 Å². The fourth-order valence-corrected chi connectivity index (χ4v) is 1.76. The third-order valence-electron chi connectivity index (χ3n) is 2.56. The van der Waals surface area contributed by atoms with Crippen molar-refractivity contribution in [1.82, 2.24) is 4.90 Å². The number of rotatable bonds is 6. The van der Waals surface area contributed by atoms with Crippen molar-refractivity contribution in [2.24, 2.45) is 5.73 Å². The van der Waals surface area contributed by atoms with E-state index in [0.717, 1.165) is 0 Å². The summed E-state index contributed by atoms with van der Waals surface area (Å²) in [6, 6.07) is -0.245. The van der Waals surface area contributed by atoms with E-state index in [2.05, 4.69) is 0 Å². The summed E-state index contributed by atoms with van der Waals surface area (Å²) in [5.74, 6) is 0. The van der Waals surface area contributed by atoms with E-state index in [0.29, 0.717) is 0 Å². The van der Waals surface area contributed by atoms with E-state index in [9.17, 15) is 13.2 Å². The van der Waals surface area contributed by atoms with Gasteiger partial charge in [-0.15, -0.1) is 0 Å². The van der Waals surface area contributed by atoms with Crippen molar-refractivity contribution >= 4 is 0 Å². The molecular formula is C10H21F3N2O. The number of alkyl halides is 3. The molecule has 98 valence electrons. The minimum absolute atomic E-state index is 0.120. The average molecular weight is 242 g/mol. The number of methoxy groups -OCH3 is 1. The highest BCUT2D eigenvalue weighted by Crippen LogP contribution is 2.25. The van der Waals surface area contributed by atoms with Crippen LogP contribution in [0.25, 0.3) is 0 Å². The Morgan fingerprint density at radius 2 is 1.81 bits per heavy atom. The third-order valence-corrected chi connectivity index (χ3v) is 2.56. The Kier molecular flexibility index (Phi) is 5.72. The van der Waals surface area contributed by atoms with Gasteiger partial charge in [0.2, 0.25) is 0 Å². The van der Waals surface area contributed by atoms with Gasteiger partial charge in [-0.1, -0.05) is 0 Å². The Bertz CT molecular complexity index is 209. The molecule has 0 radical (unpaired) electrons. The van der Waals surface area contributed by atoms with E-state index in [4.69, 9.17) is 10.5 Å². The van der Waals surface area contributed by atoms with Gasteiger partial charge in [-0.2, -0.15) is 13.2 Å². The van der Waals surface area contributed by atoms with Crippen molar-refractivity contribution in [3.05, 3.63) is 0 Å². The summed E-state index contributed by atoms with van der Waals surface area (Å²) >= 11 is 0. The number of nitrogens with zero attached hydrogens (tertiary/aromatic N) is 1. The lowest BCUT2D eigenvalue weighted by Gasteiger charge is -2.43. The molecule has 1 unspecified atom stereocenters. The highest BCUT2D eigenvalue weighted by molar-refractivity contribution is 4.90. The van der Waals surface area contributed by atoms with Gasteiger partial charge in [0.1, 0.15) is 0 Å². The number of hydrogen-bond donors (Lipinski definition) is 1. The van der Waals surface area contributed by atoms with Gasteiger partial charge in [-0.05, 0) is 20.8 Å². The lowest BCUT2D eigenvalue weighted by molar-refractivity contribution is -0.167. The lowest BCUT2D eigenvalue weighted by atomic mass is 9.99. The predicted octanol–water partition coefficient (Wildman–Crippen LogP) is 1.62. The van der Waals surface area contributed by atoms with Gasteiger partial charge in [0, 0.05) is 19.7 Å². The molecule has 0 heterocycles. The second kappa shape index (κ2) is 5.84. The van der Waals surface area contributed by atoms with Crippen LogP contribution < -0.4 is 5.73 Å². The molecule has 1 atom stereocenters. The molecule has 16 heavy (non-hydrogen) atoms. The smallest absolute Gasteiger partial charge is 0.383 e. The lowest BCUT2D eigenvalue weighted by Crippen LogP contribution is -2.59. The van der Waals surface area contributed by atoms with Gasteiger partial charge in [0.05, 0.1) is 18.7 Å². The molecule has 0 aliphatic carbocycles. The van der Waals surface area contributed by atoms with Crippen LogP contribution in [0.2, 0.25) is 0 Å². The van der Waals surface area contributed by atoms with E-state index >= 15 is 0 Å². The highest BCUT2D eigenvalue weighted by atomic mass is 19.4. The summed E-state index contributed by atoms with van der Waals surface area (Å²) in [7, 11) is 1.46. The molecule has 0 rings (SSSR count). The van der Waals surface area contributed by atoms with Crippen LogP contribution in [-0.2, 0) is 4.74 Å². The first-order valence-corrected chi connectivity index (χ1v) is 5.19. The maximum atomic E-state index is 12.4. The molecule has 0 bridgehead atoms. The van der Waals surface area contributed by atoms with Gasteiger partial charge in [-0.25, -0.2) is 0 Å². The molecule has 0 spiro atoms. The minimum Gasteiger partial charge on any atom is -0.383 e. The largest absolute Gasteiger partial charge is 0.401 e. The zero-order valence-electron chi connectivity index (χ0n) is 10.3. The van der Waals surface area contributed by atoms with Crippen molar-refractivity contribution in [1.29, 1.82) is 0 Å². The Balaban J connectivity index is 4.86. The Morgan fingerprint density at radius 1 is 1.31 bits per heavy atom. The monoisotopic (exact) mass is 242 g/mol. The Labute approximate surface area is 94.7 Å². The van der Waals surface area contributed by atoms with Crippen molar-refractivity contribution in [2.45, 2.75) is 38.5 Å². The molecule has 0 aromatic rings. The quantitative estimate of drug-likeness (QED) is 0.769. The molecule has 0 aliphatic rings. The topological polar surface area (TPSA) is 38.5 Å². The number of nitrogens with two attached hydrogens (primary N) is 1. The summed E-state index contributed by atoms with van der Waals surface area (Å²) in [6.07, 6.45) is -4.23. The molecule has 0 saturated heterocycles. The molecule has 0 amide bonds. The Morgan fingerprint density at radius 3 is 2.06 bits per heavy atom. The summed E-state index contributed by atoms with van der Waals surface area (Å²) in [5, 5.41) is 0. The first kappa shape index (κ1) is 15.7. The molecule has 0 fully saturated rings. The van der Waals surface area contributed by atoms with Crippen LogP contribution in [0.4, 0.5) is 13.2 Å². The van der Waals surface area contributed by atoms with Gasteiger partial charge in [0.15, 0.2) is 0 Å². The van der Waals surface area contributed by atoms with E-state index < -0.39 is 18.3 Å². The molecule has 6 heteroatoms. The fraction of sp³-hybridized carbons (Fsp3) is 1.00. The summed E-state index contributed by atoms with van der Waals surface area (Å²) < 4.78 is 42.3. The second-order valence-corrected chi connectivity index (χ2v) is 4.47. The van der Waals surface area contributed by atoms with Crippen LogP contribution in [0.1, 0.15) is 20.8 Å². The number of ether oxygens (including phenoxy) is 1. The van der Waals surface area contributed by atoms with E-state index in [1.165, 1.54) is 12.0 Å². The minimum atomic E-state index is -4.23.